The van der Waals surface area contributed by atoms with E-state index >= 15 is 0 Å². The molecule has 1 aliphatic rings. The molecule has 2 aromatic rings. The number of nitrogens with one attached hydrogen (secondary N) is 1. The standard InChI is InChI=1S/C15H20N4/c1-2-9-19(8-1)10-7-16-12-13-3-4-14-15(11-13)18-6-5-17-14/h3-6,11,16H,1-2,7-10,12H2. The van der Waals surface area contributed by atoms with Crippen LogP contribution in [0.4, 0.5) is 0 Å². The molecule has 0 spiro atoms. The van der Waals surface area contributed by atoms with Crippen LogP contribution in [0.5, 0.6) is 0 Å². The number of likely N-dealkylation sites (tertiary alicyclic amines) is 1. The van der Waals surface area contributed by atoms with E-state index in [0.29, 0.717) is 0 Å². The maximum Gasteiger partial charge on any atom is 0.0890 e. The summed E-state index contributed by atoms with van der Waals surface area (Å²) < 4.78 is 0. The molecule has 2 heterocycles. The molecular formula is C15H20N4. The first-order valence-corrected chi connectivity index (χ1v) is 7.04. The Bertz CT molecular complexity index is 534. The van der Waals surface area contributed by atoms with Crippen LogP contribution in [0.1, 0.15) is 18.4 Å². The van der Waals surface area contributed by atoms with Crippen molar-refractivity contribution in [1.29, 1.82) is 0 Å². The molecule has 4 heteroatoms. The van der Waals surface area contributed by atoms with Gasteiger partial charge in [-0.1, -0.05) is 6.07 Å². The van der Waals surface area contributed by atoms with Crippen molar-refractivity contribution in [2.45, 2.75) is 19.4 Å². The van der Waals surface area contributed by atoms with Gasteiger partial charge < -0.3 is 10.2 Å². The first-order chi connectivity index (χ1) is 9.42. The van der Waals surface area contributed by atoms with Crippen LogP contribution in [0, 0.1) is 0 Å². The lowest BCUT2D eigenvalue weighted by Gasteiger charge is -2.14. The van der Waals surface area contributed by atoms with Gasteiger partial charge in [0.25, 0.3) is 0 Å². The summed E-state index contributed by atoms with van der Waals surface area (Å²) in [5.74, 6) is 0. The number of hydrogen-bond acceptors (Lipinski definition) is 4. The quantitative estimate of drug-likeness (QED) is 0.828. The highest BCUT2D eigenvalue weighted by Gasteiger charge is 2.09. The Hall–Kier alpha value is -1.52. The number of rotatable bonds is 5. The second-order valence-corrected chi connectivity index (χ2v) is 5.10. The zero-order chi connectivity index (χ0) is 12.9. The van der Waals surface area contributed by atoms with Crippen molar-refractivity contribution in [1.82, 2.24) is 20.2 Å². The third kappa shape index (κ3) is 3.28. The molecule has 4 nitrogen and oxygen atoms in total. The van der Waals surface area contributed by atoms with E-state index in [2.05, 4.69) is 32.3 Å². The predicted molar refractivity (Wildman–Crippen MR) is 76.9 cm³/mol. The molecule has 1 saturated heterocycles. The van der Waals surface area contributed by atoms with E-state index in [-0.39, 0.29) is 0 Å². The fourth-order valence-corrected chi connectivity index (χ4v) is 2.59. The van der Waals surface area contributed by atoms with Crippen LogP contribution in [-0.4, -0.2) is 41.0 Å². The molecule has 1 aromatic carbocycles. The highest BCUT2D eigenvalue weighted by Crippen LogP contribution is 2.10. The highest BCUT2D eigenvalue weighted by molar-refractivity contribution is 5.74. The fourth-order valence-electron chi connectivity index (χ4n) is 2.59. The van der Waals surface area contributed by atoms with Crippen molar-refractivity contribution >= 4 is 11.0 Å². The zero-order valence-electron chi connectivity index (χ0n) is 11.2. The second-order valence-electron chi connectivity index (χ2n) is 5.10. The predicted octanol–water partition coefficient (Wildman–Crippen LogP) is 1.82. The minimum Gasteiger partial charge on any atom is -0.311 e. The second kappa shape index (κ2) is 6.08. The van der Waals surface area contributed by atoms with Crippen molar-refractivity contribution in [3.05, 3.63) is 36.2 Å². The average Bonchev–Trinajstić information content (AvgIpc) is 2.97. The van der Waals surface area contributed by atoms with Gasteiger partial charge in [-0.05, 0) is 43.6 Å². The van der Waals surface area contributed by atoms with Gasteiger partial charge >= 0.3 is 0 Å². The summed E-state index contributed by atoms with van der Waals surface area (Å²) in [4.78, 5) is 11.1. The lowest BCUT2D eigenvalue weighted by Crippen LogP contribution is -2.29. The third-order valence-corrected chi connectivity index (χ3v) is 3.67. The number of fused-ring (bicyclic) bond motifs is 1. The number of benzene rings is 1. The highest BCUT2D eigenvalue weighted by atomic mass is 15.1. The molecule has 19 heavy (non-hydrogen) atoms. The van der Waals surface area contributed by atoms with Gasteiger partial charge in [-0.3, -0.25) is 9.97 Å². The summed E-state index contributed by atoms with van der Waals surface area (Å²) in [6.45, 7) is 5.66. The molecule has 0 atom stereocenters. The van der Waals surface area contributed by atoms with E-state index in [1.54, 1.807) is 12.4 Å². The smallest absolute Gasteiger partial charge is 0.0890 e. The summed E-state index contributed by atoms with van der Waals surface area (Å²) in [5.41, 5.74) is 3.21. The molecule has 1 N–H and O–H groups in total. The van der Waals surface area contributed by atoms with E-state index in [1.807, 2.05) is 6.07 Å². The fraction of sp³-hybridized carbons (Fsp3) is 0.467. The van der Waals surface area contributed by atoms with Gasteiger partial charge in [0.2, 0.25) is 0 Å². The zero-order valence-corrected chi connectivity index (χ0v) is 11.2. The summed E-state index contributed by atoms with van der Waals surface area (Å²) in [6.07, 6.45) is 6.20. The molecular weight excluding hydrogens is 236 g/mol. The van der Waals surface area contributed by atoms with E-state index in [1.165, 1.54) is 31.5 Å². The van der Waals surface area contributed by atoms with E-state index < -0.39 is 0 Å². The molecule has 0 unspecified atom stereocenters. The van der Waals surface area contributed by atoms with Gasteiger partial charge in [0.15, 0.2) is 0 Å². The molecule has 0 radical (unpaired) electrons. The summed E-state index contributed by atoms with van der Waals surface area (Å²) in [5, 5.41) is 3.50. The SMILES string of the molecule is c1cnc2cc(CNCCN3CCCC3)ccc2n1. The first-order valence-electron chi connectivity index (χ1n) is 7.04. The Morgan fingerprint density at radius 2 is 1.84 bits per heavy atom. The Balaban J connectivity index is 1.50. The summed E-state index contributed by atoms with van der Waals surface area (Å²) in [6, 6.07) is 6.28. The van der Waals surface area contributed by atoms with Crippen molar-refractivity contribution in [3.63, 3.8) is 0 Å². The molecule has 100 valence electrons. The monoisotopic (exact) mass is 256 g/mol. The van der Waals surface area contributed by atoms with Crippen LogP contribution in [0.25, 0.3) is 11.0 Å². The summed E-state index contributed by atoms with van der Waals surface area (Å²) in [7, 11) is 0. The van der Waals surface area contributed by atoms with Crippen molar-refractivity contribution in [2.24, 2.45) is 0 Å². The van der Waals surface area contributed by atoms with E-state index in [4.69, 9.17) is 0 Å². The topological polar surface area (TPSA) is 41.1 Å². The molecule has 1 fully saturated rings. The van der Waals surface area contributed by atoms with Gasteiger partial charge in [0, 0.05) is 32.0 Å². The normalized spacial score (nSPS) is 16.2. The Morgan fingerprint density at radius 3 is 2.68 bits per heavy atom. The number of aromatic nitrogens is 2. The molecule has 3 rings (SSSR count). The first kappa shape index (κ1) is 12.5. The van der Waals surface area contributed by atoms with Gasteiger partial charge in [0.1, 0.15) is 0 Å². The van der Waals surface area contributed by atoms with E-state index in [0.717, 1.165) is 30.7 Å². The van der Waals surface area contributed by atoms with Crippen LogP contribution in [0.15, 0.2) is 30.6 Å². The lowest BCUT2D eigenvalue weighted by atomic mass is 10.2. The number of hydrogen-bond donors (Lipinski definition) is 1. The average molecular weight is 256 g/mol. The van der Waals surface area contributed by atoms with Gasteiger partial charge in [-0.15, -0.1) is 0 Å². The minimum atomic E-state index is 0.903. The molecule has 0 aliphatic carbocycles. The molecule has 1 aliphatic heterocycles. The van der Waals surface area contributed by atoms with Crippen LogP contribution in [0.3, 0.4) is 0 Å². The van der Waals surface area contributed by atoms with Crippen LogP contribution < -0.4 is 5.32 Å². The Kier molecular flexibility index (Phi) is 4.01. The van der Waals surface area contributed by atoms with E-state index in [9.17, 15) is 0 Å². The summed E-state index contributed by atoms with van der Waals surface area (Å²) >= 11 is 0. The Morgan fingerprint density at radius 1 is 1.05 bits per heavy atom. The maximum atomic E-state index is 4.33. The van der Waals surface area contributed by atoms with Crippen LogP contribution >= 0.6 is 0 Å². The van der Waals surface area contributed by atoms with Crippen molar-refractivity contribution in [3.8, 4) is 0 Å². The molecule has 0 bridgehead atoms. The van der Waals surface area contributed by atoms with Crippen molar-refractivity contribution < 1.29 is 0 Å². The minimum absolute atomic E-state index is 0.903. The molecule has 1 aromatic heterocycles. The van der Waals surface area contributed by atoms with Gasteiger partial charge in [0.05, 0.1) is 11.0 Å². The van der Waals surface area contributed by atoms with Gasteiger partial charge in [-0.2, -0.15) is 0 Å². The largest absolute Gasteiger partial charge is 0.311 e. The molecule has 0 saturated carbocycles. The lowest BCUT2D eigenvalue weighted by molar-refractivity contribution is 0.335. The molecule has 0 amide bonds. The maximum absolute atomic E-state index is 4.33. The third-order valence-electron chi connectivity index (χ3n) is 3.67. The van der Waals surface area contributed by atoms with Crippen LogP contribution in [0.2, 0.25) is 0 Å². The van der Waals surface area contributed by atoms with Gasteiger partial charge in [-0.25, -0.2) is 0 Å². The Labute approximate surface area is 113 Å². The van der Waals surface area contributed by atoms with Crippen molar-refractivity contribution in [2.75, 3.05) is 26.2 Å². The van der Waals surface area contributed by atoms with Crippen LogP contribution in [-0.2, 0) is 6.54 Å². The number of nitrogens with zero attached hydrogens (tertiary/aromatic N) is 3.